The molecule has 0 amide bonds. The van der Waals surface area contributed by atoms with Gasteiger partial charge in [-0.2, -0.15) is 0 Å². The summed E-state index contributed by atoms with van der Waals surface area (Å²) in [7, 11) is 0. The van der Waals surface area contributed by atoms with Crippen LogP contribution >= 0.6 is 0 Å². The molecule has 0 aromatic rings. The van der Waals surface area contributed by atoms with Gasteiger partial charge in [0.2, 0.25) is 0 Å². The van der Waals surface area contributed by atoms with Crippen molar-refractivity contribution in [1.29, 1.82) is 0 Å². The molecule has 0 bridgehead atoms. The second kappa shape index (κ2) is 4.88. The Morgan fingerprint density at radius 1 is 1.36 bits per heavy atom. The van der Waals surface area contributed by atoms with Crippen molar-refractivity contribution >= 4 is 11.8 Å². The molecule has 0 rings (SSSR count). The van der Waals surface area contributed by atoms with Crippen LogP contribution in [0.5, 0.6) is 0 Å². The highest BCUT2D eigenvalue weighted by Gasteiger charge is 2.02. The molecule has 0 radical (unpaired) electrons. The predicted octanol–water partition coefficient (Wildman–Crippen LogP) is 0.132. The van der Waals surface area contributed by atoms with E-state index < -0.39 is 11.8 Å². The van der Waals surface area contributed by atoms with Gasteiger partial charge in [0, 0.05) is 6.42 Å². The Morgan fingerprint density at radius 3 is 2.27 bits per heavy atom. The van der Waals surface area contributed by atoms with Crippen molar-refractivity contribution in [2.24, 2.45) is 5.92 Å². The molecular weight excluding hydrogens is 144 g/mol. The van der Waals surface area contributed by atoms with Crippen LogP contribution in [0.15, 0.2) is 0 Å². The van der Waals surface area contributed by atoms with Gasteiger partial charge >= 0.3 is 0 Å². The van der Waals surface area contributed by atoms with Gasteiger partial charge in [-0.1, -0.05) is 20.3 Å². The molecule has 0 aliphatic rings. The van der Waals surface area contributed by atoms with Gasteiger partial charge in [0.15, 0.2) is 5.78 Å². The molecular formula is C8H13O3-. The first kappa shape index (κ1) is 10.1. The van der Waals surface area contributed by atoms with Crippen molar-refractivity contribution in [2.45, 2.75) is 33.1 Å². The number of carboxylic acid groups (broad SMARTS) is 1. The normalized spacial score (nSPS) is 10.1. The summed E-state index contributed by atoms with van der Waals surface area (Å²) in [5.41, 5.74) is 0. The summed E-state index contributed by atoms with van der Waals surface area (Å²) in [6, 6.07) is 0. The second-order valence-corrected chi connectivity index (χ2v) is 3.00. The minimum absolute atomic E-state index is 0.112. The van der Waals surface area contributed by atoms with Gasteiger partial charge in [-0.25, -0.2) is 0 Å². The summed E-state index contributed by atoms with van der Waals surface area (Å²) in [6.07, 6.45) is 1.64. The summed E-state index contributed by atoms with van der Waals surface area (Å²) in [5, 5.41) is 9.91. The lowest BCUT2D eigenvalue weighted by Crippen LogP contribution is -2.31. The van der Waals surface area contributed by atoms with E-state index in [0.29, 0.717) is 12.3 Å². The molecule has 0 unspecified atom stereocenters. The highest BCUT2D eigenvalue weighted by atomic mass is 16.4. The van der Waals surface area contributed by atoms with Crippen LogP contribution in [0.3, 0.4) is 0 Å². The summed E-state index contributed by atoms with van der Waals surface area (Å²) in [6.45, 7) is 4.06. The van der Waals surface area contributed by atoms with Gasteiger partial charge < -0.3 is 9.90 Å². The number of carbonyl (C=O) groups excluding carboxylic acids is 2. The van der Waals surface area contributed by atoms with Crippen LogP contribution in [0.25, 0.3) is 0 Å². The quantitative estimate of drug-likeness (QED) is 0.533. The zero-order chi connectivity index (χ0) is 8.85. The van der Waals surface area contributed by atoms with Gasteiger partial charge in [-0.05, 0) is 12.3 Å². The van der Waals surface area contributed by atoms with E-state index in [2.05, 4.69) is 0 Å². The SMILES string of the molecule is CC(C)CCCC(=O)C(=O)[O-]. The molecule has 0 fully saturated rings. The molecule has 0 aliphatic carbocycles. The Bertz CT molecular complexity index is 149. The van der Waals surface area contributed by atoms with Gasteiger partial charge in [0.05, 0.1) is 0 Å². The molecule has 0 heterocycles. The van der Waals surface area contributed by atoms with Crippen molar-refractivity contribution in [3.05, 3.63) is 0 Å². The number of hydrogen-bond donors (Lipinski definition) is 0. The van der Waals surface area contributed by atoms with Crippen LogP contribution in [-0.2, 0) is 9.59 Å². The van der Waals surface area contributed by atoms with Gasteiger partial charge in [-0.15, -0.1) is 0 Å². The first-order valence-electron chi connectivity index (χ1n) is 3.78. The zero-order valence-electron chi connectivity index (χ0n) is 6.92. The molecule has 0 aliphatic heterocycles. The van der Waals surface area contributed by atoms with E-state index >= 15 is 0 Å². The van der Waals surface area contributed by atoms with E-state index in [-0.39, 0.29) is 6.42 Å². The molecule has 3 heteroatoms. The fourth-order valence-electron chi connectivity index (χ4n) is 0.773. The molecule has 11 heavy (non-hydrogen) atoms. The van der Waals surface area contributed by atoms with Crippen molar-refractivity contribution in [3.8, 4) is 0 Å². The van der Waals surface area contributed by atoms with E-state index in [4.69, 9.17) is 0 Å². The summed E-state index contributed by atoms with van der Waals surface area (Å²) >= 11 is 0. The fraction of sp³-hybridized carbons (Fsp3) is 0.750. The second-order valence-electron chi connectivity index (χ2n) is 3.00. The lowest BCUT2D eigenvalue weighted by Gasteiger charge is -2.03. The van der Waals surface area contributed by atoms with Gasteiger partial charge in [0.25, 0.3) is 0 Å². The average Bonchev–Trinajstić information content (AvgIpc) is 1.86. The number of ketones is 1. The third-order valence-corrected chi connectivity index (χ3v) is 1.41. The Morgan fingerprint density at radius 2 is 1.91 bits per heavy atom. The first-order valence-corrected chi connectivity index (χ1v) is 3.78. The largest absolute Gasteiger partial charge is 0.542 e. The van der Waals surface area contributed by atoms with Crippen molar-refractivity contribution in [3.63, 3.8) is 0 Å². The summed E-state index contributed by atoms with van der Waals surface area (Å²) in [5.74, 6) is -1.83. The van der Waals surface area contributed by atoms with Gasteiger partial charge in [-0.3, -0.25) is 4.79 Å². The standard InChI is InChI=1S/C8H14O3/c1-6(2)4-3-5-7(9)8(10)11/h6H,3-5H2,1-2H3,(H,10,11)/p-1. The van der Waals surface area contributed by atoms with Gasteiger partial charge in [0.1, 0.15) is 5.97 Å². The predicted molar refractivity (Wildman–Crippen MR) is 38.7 cm³/mol. The molecule has 0 spiro atoms. The number of carbonyl (C=O) groups is 2. The van der Waals surface area contributed by atoms with E-state index in [9.17, 15) is 14.7 Å². The van der Waals surface area contributed by atoms with Crippen LogP contribution < -0.4 is 5.11 Å². The van der Waals surface area contributed by atoms with E-state index in [1.807, 2.05) is 13.8 Å². The monoisotopic (exact) mass is 157 g/mol. The summed E-state index contributed by atoms with van der Waals surface area (Å²) in [4.78, 5) is 20.4. The topological polar surface area (TPSA) is 57.2 Å². The molecule has 64 valence electrons. The first-order chi connectivity index (χ1) is 5.04. The maximum atomic E-state index is 10.5. The van der Waals surface area contributed by atoms with E-state index in [0.717, 1.165) is 6.42 Å². The van der Waals surface area contributed by atoms with Crippen molar-refractivity contribution in [1.82, 2.24) is 0 Å². The Hall–Kier alpha value is -0.860. The number of hydrogen-bond acceptors (Lipinski definition) is 3. The van der Waals surface area contributed by atoms with E-state index in [1.165, 1.54) is 0 Å². The van der Waals surface area contributed by atoms with Crippen molar-refractivity contribution in [2.75, 3.05) is 0 Å². The maximum Gasteiger partial charge on any atom is 0.178 e. The van der Waals surface area contributed by atoms with Crippen LogP contribution in [-0.4, -0.2) is 11.8 Å². The molecule has 0 aromatic carbocycles. The minimum atomic E-state index is -1.56. The van der Waals surface area contributed by atoms with E-state index in [1.54, 1.807) is 0 Å². The average molecular weight is 157 g/mol. The molecule has 0 aromatic heterocycles. The van der Waals surface area contributed by atoms with Crippen LogP contribution in [0.4, 0.5) is 0 Å². The lowest BCUT2D eigenvalue weighted by molar-refractivity contribution is -0.300. The summed E-state index contributed by atoms with van der Waals surface area (Å²) < 4.78 is 0. The molecule has 3 nitrogen and oxygen atoms in total. The Balaban J connectivity index is 3.40. The maximum absolute atomic E-state index is 10.5. The highest BCUT2D eigenvalue weighted by Crippen LogP contribution is 2.05. The number of aliphatic carboxylic acids is 1. The number of carboxylic acids is 1. The smallest absolute Gasteiger partial charge is 0.178 e. The van der Waals surface area contributed by atoms with Crippen LogP contribution in [0.2, 0.25) is 0 Å². The van der Waals surface area contributed by atoms with Crippen LogP contribution in [0, 0.1) is 5.92 Å². The third-order valence-electron chi connectivity index (χ3n) is 1.41. The highest BCUT2D eigenvalue weighted by molar-refractivity contribution is 6.31. The molecule has 0 saturated carbocycles. The zero-order valence-corrected chi connectivity index (χ0v) is 6.92. The molecule has 0 saturated heterocycles. The minimum Gasteiger partial charge on any atom is -0.542 e. The van der Waals surface area contributed by atoms with Crippen LogP contribution in [0.1, 0.15) is 33.1 Å². The fourth-order valence-corrected chi connectivity index (χ4v) is 0.773. The number of rotatable bonds is 5. The molecule has 0 atom stereocenters. The number of Topliss-reactive ketones (excluding diaryl/α,β-unsaturated/α-hetero) is 1. The molecule has 0 N–H and O–H groups in total. The lowest BCUT2D eigenvalue weighted by atomic mass is 10.1. The van der Waals surface area contributed by atoms with Crippen molar-refractivity contribution < 1.29 is 14.7 Å². The Kier molecular flexibility index (Phi) is 4.50. The third kappa shape index (κ3) is 5.58. The Labute approximate surface area is 66.4 Å².